The first-order valence-electron chi connectivity index (χ1n) is 7.62. The van der Waals surface area contributed by atoms with Gasteiger partial charge in [0.1, 0.15) is 0 Å². The van der Waals surface area contributed by atoms with Gasteiger partial charge in [0.15, 0.2) is 0 Å². The fourth-order valence-electron chi connectivity index (χ4n) is 2.78. The van der Waals surface area contributed by atoms with Crippen molar-refractivity contribution < 1.29 is 9.90 Å². The van der Waals surface area contributed by atoms with Crippen molar-refractivity contribution in [3.8, 4) is 0 Å². The molecule has 3 nitrogen and oxygen atoms in total. The molecule has 0 unspecified atom stereocenters. The zero-order valence-corrected chi connectivity index (χ0v) is 13.8. The van der Waals surface area contributed by atoms with Crippen molar-refractivity contribution in [3.05, 3.63) is 71.1 Å². The van der Waals surface area contributed by atoms with Gasteiger partial charge in [0.2, 0.25) is 0 Å². The molecule has 1 atom stereocenters. The summed E-state index contributed by atoms with van der Waals surface area (Å²) in [5, 5.41) is 10.5. The number of hydrogen-bond donors (Lipinski definition) is 1. The smallest absolute Gasteiger partial charge is 0.264 e. The molecule has 118 valence electrons. The molecule has 0 fully saturated rings. The van der Waals surface area contributed by atoms with Gasteiger partial charge in [0.25, 0.3) is 5.91 Å². The molecular weight excluding hydrogens is 306 g/mol. The van der Waals surface area contributed by atoms with Crippen LogP contribution in [0.4, 0.5) is 0 Å². The van der Waals surface area contributed by atoms with E-state index in [2.05, 4.69) is 0 Å². The molecule has 2 aromatic carbocycles. The van der Waals surface area contributed by atoms with Gasteiger partial charge < -0.3 is 10.0 Å². The van der Waals surface area contributed by atoms with E-state index in [1.54, 1.807) is 11.9 Å². The molecule has 3 rings (SSSR count). The van der Waals surface area contributed by atoms with Crippen molar-refractivity contribution in [2.24, 2.45) is 0 Å². The number of amides is 1. The summed E-state index contributed by atoms with van der Waals surface area (Å²) in [6.07, 6.45) is 0.525. The molecule has 0 aliphatic rings. The van der Waals surface area contributed by atoms with Crippen LogP contribution < -0.4 is 0 Å². The monoisotopic (exact) mass is 325 g/mol. The van der Waals surface area contributed by atoms with Crippen LogP contribution >= 0.6 is 11.3 Å². The molecule has 0 aliphatic carbocycles. The molecule has 0 aliphatic heterocycles. The highest BCUT2D eigenvalue weighted by Crippen LogP contribution is 2.29. The molecule has 1 aromatic heterocycles. The SMILES string of the molecule is CN(C(=O)c1cc2ccccc2s1)[C@H](CCO)c1ccccc1. The summed E-state index contributed by atoms with van der Waals surface area (Å²) >= 11 is 1.51. The van der Waals surface area contributed by atoms with E-state index < -0.39 is 0 Å². The lowest BCUT2D eigenvalue weighted by Gasteiger charge is -2.28. The quantitative estimate of drug-likeness (QED) is 0.767. The molecule has 0 spiro atoms. The van der Waals surface area contributed by atoms with Crippen molar-refractivity contribution in [3.63, 3.8) is 0 Å². The number of benzene rings is 2. The summed E-state index contributed by atoms with van der Waals surface area (Å²) in [5.74, 6) is -0.00602. The molecule has 0 radical (unpaired) electrons. The summed E-state index contributed by atoms with van der Waals surface area (Å²) < 4.78 is 1.11. The van der Waals surface area contributed by atoms with Gasteiger partial charge in [-0.3, -0.25) is 4.79 Å². The lowest BCUT2D eigenvalue weighted by molar-refractivity contribution is 0.0710. The Kier molecular flexibility index (Phi) is 4.74. The Morgan fingerprint density at radius 3 is 2.52 bits per heavy atom. The van der Waals surface area contributed by atoms with Crippen molar-refractivity contribution in [2.75, 3.05) is 13.7 Å². The highest BCUT2D eigenvalue weighted by molar-refractivity contribution is 7.20. The standard InChI is InChI=1S/C19H19NO2S/c1-20(16(11-12-21)14-7-3-2-4-8-14)19(22)18-13-15-9-5-6-10-17(15)23-18/h2-10,13,16,21H,11-12H2,1H3/t16-/m1/s1. The summed E-state index contributed by atoms with van der Waals surface area (Å²) in [6.45, 7) is 0.0452. The van der Waals surface area contributed by atoms with E-state index >= 15 is 0 Å². The Labute approximate surface area is 139 Å². The van der Waals surface area contributed by atoms with E-state index in [1.165, 1.54) is 11.3 Å². The topological polar surface area (TPSA) is 40.5 Å². The molecular formula is C19H19NO2S. The van der Waals surface area contributed by atoms with Gasteiger partial charge in [-0.15, -0.1) is 11.3 Å². The molecule has 0 bridgehead atoms. The molecule has 0 saturated heterocycles. The third-order valence-electron chi connectivity index (χ3n) is 4.01. The number of carbonyl (C=O) groups is 1. The van der Waals surface area contributed by atoms with E-state index in [-0.39, 0.29) is 18.6 Å². The zero-order chi connectivity index (χ0) is 16.2. The van der Waals surface area contributed by atoms with Crippen LogP contribution in [0.2, 0.25) is 0 Å². The summed E-state index contributed by atoms with van der Waals surface area (Å²) in [5.41, 5.74) is 1.04. The van der Waals surface area contributed by atoms with Crippen LogP contribution in [0.25, 0.3) is 10.1 Å². The van der Waals surface area contributed by atoms with Crippen molar-refractivity contribution in [1.29, 1.82) is 0 Å². The lowest BCUT2D eigenvalue weighted by atomic mass is 10.0. The van der Waals surface area contributed by atoms with Gasteiger partial charge in [0.05, 0.1) is 10.9 Å². The van der Waals surface area contributed by atoms with E-state index in [0.29, 0.717) is 6.42 Å². The van der Waals surface area contributed by atoms with Crippen LogP contribution in [-0.4, -0.2) is 29.6 Å². The minimum Gasteiger partial charge on any atom is -0.396 e. The number of nitrogens with zero attached hydrogens (tertiary/aromatic N) is 1. The Hall–Kier alpha value is -2.17. The fourth-order valence-corrected chi connectivity index (χ4v) is 3.83. The highest BCUT2D eigenvalue weighted by atomic mass is 32.1. The van der Waals surface area contributed by atoms with Gasteiger partial charge in [-0.1, -0.05) is 48.5 Å². The lowest BCUT2D eigenvalue weighted by Crippen LogP contribution is -2.31. The number of thiophene rings is 1. The molecule has 4 heteroatoms. The largest absolute Gasteiger partial charge is 0.396 e. The second kappa shape index (κ2) is 6.94. The van der Waals surface area contributed by atoms with Gasteiger partial charge in [0, 0.05) is 18.4 Å². The molecule has 1 N–H and O–H groups in total. The molecule has 23 heavy (non-hydrogen) atoms. The molecule has 1 amide bonds. The maximum atomic E-state index is 12.9. The molecule has 3 aromatic rings. The molecule has 1 heterocycles. The van der Waals surface area contributed by atoms with E-state index in [0.717, 1.165) is 20.5 Å². The van der Waals surface area contributed by atoms with Crippen molar-refractivity contribution >= 4 is 27.3 Å². The third kappa shape index (κ3) is 3.28. The Bertz CT molecular complexity index is 764. The van der Waals surface area contributed by atoms with Gasteiger partial charge in [-0.2, -0.15) is 0 Å². The van der Waals surface area contributed by atoms with E-state index in [1.807, 2.05) is 60.7 Å². The fraction of sp³-hybridized carbons (Fsp3) is 0.211. The Balaban J connectivity index is 1.89. The van der Waals surface area contributed by atoms with Crippen LogP contribution in [0.3, 0.4) is 0 Å². The van der Waals surface area contributed by atoms with Crippen LogP contribution in [-0.2, 0) is 0 Å². The number of fused-ring (bicyclic) bond motifs is 1. The Morgan fingerprint density at radius 1 is 1.13 bits per heavy atom. The number of aliphatic hydroxyl groups is 1. The zero-order valence-electron chi connectivity index (χ0n) is 13.0. The third-order valence-corrected chi connectivity index (χ3v) is 5.12. The van der Waals surface area contributed by atoms with Crippen LogP contribution in [0.5, 0.6) is 0 Å². The van der Waals surface area contributed by atoms with Gasteiger partial charge >= 0.3 is 0 Å². The Morgan fingerprint density at radius 2 is 1.83 bits per heavy atom. The number of carbonyl (C=O) groups excluding carboxylic acids is 1. The predicted octanol–water partition coefficient (Wildman–Crippen LogP) is 4.10. The van der Waals surface area contributed by atoms with Crippen LogP contribution in [0, 0.1) is 0 Å². The average molecular weight is 325 g/mol. The minimum absolute atomic E-state index is 0.00602. The minimum atomic E-state index is -0.126. The number of hydrogen-bond acceptors (Lipinski definition) is 3. The first-order valence-corrected chi connectivity index (χ1v) is 8.44. The van der Waals surface area contributed by atoms with Crippen LogP contribution in [0.15, 0.2) is 60.7 Å². The molecule has 0 saturated carbocycles. The normalized spacial score (nSPS) is 12.3. The maximum Gasteiger partial charge on any atom is 0.264 e. The van der Waals surface area contributed by atoms with Crippen molar-refractivity contribution in [1.82, 2.24) is 4.90 Å². The van der Waals surface area contributed by atoms with Gasteiger partial charge in [-0.25, -0.2) is 0 Å². The summed E-state index contributed by atoms with van der Waals surface area (Å²) in [4.78, 5) is 15.3. The number of aliphatic hydroxyl groups excluding tert-OH is 1. The first kappa shape index (κ1) is 15.7. The summed E-state index contributed by atoms with van der Waals surface area (Å²) in [6, 6.07) is 19.7. The van der Waals surface area contributed by atoms with E-state index in [4.69, 9.17) is 0 Å². The number of rotatable bonds is 5. The second-order valence-corrected chi connectivity index (χ2v) is 6.59. The van der Waals surface area contributed by atoms with Gasteiger partial charge in [-0.05, 0) is 29.5 Å². The second-order valence-electron chi connectivity index (χ2n) is 5.50. The maximum absolute atomic E-state index is 12.9. The first-order chi connectivity index (χ1) is 11.2. The van der Waals surface area contributed by atoms with E-state index in [9.17, 15) is 9.90 Å². The van der Waals surface area contributed by atoms with Crippen LogP contribution in [0.1, 0.15) is 27.7 Å². The highest BCUT2D eigenvalue weighted by Gasteiger charge is 2.23. The van der Waals surface area contributed by atoms with Crippen molar-refractivity contribution in [2.45, 2.75) is 12.5 Å². The predicted molar refractivity (Wildman–Crippen MR) is 94.8 cm³/mol. The summed E-state index contributed by atoms with van der Waals surface area (Å²) in [7, 11) is 1.81. The average Bonchev–Trinajstić information content (AvgIpc) is 3.03.